The first kappa shape index (κ1) is 14.7. The van der Waals surface area contributed by atoms with Gasteiger partial charge in [-0.25, -0.2) is 0 Å². The molecule has 0 aromatic rings. The van der Waals surface area contributed by atoms with Gasteiger partial charge in [-0.05, 0) is 60.8 Å². The van der Waals surface area contributed by atoms with E-state index in [1.54, 1.807) is 0 Å². The van der Waals surface area contributed by atoms with E-state index in [-0.39, 0.29) is 23.4 Å². The summed E-state index contributed by atoms with van der Waals surface area (Å²) in [6.07, 6.45) is 8.04. The van der Waals surface area contributed by atoms with Crippen molar-refractivity contribution in [3.63, 3.8) is 0 Å². The second-order valence-corrected chi connectivity index (χ2v) is 6.82. The number of hydrogen-bond donors (Lipinski definition) is 0. The maximum Gasteiger partial charge on any atom is 0.102 e. The first-order valence-electron chi connectivity index (χ1n) is 6.70. The van der Waals surface area contributed by atoms with E-state index in [1.807, 2.05) is 0 Å². The Morgan fingerprint density at radius 3 is 2.06 bits per heavy atom. The molecule has 0 saturated heterocycles. The Morgan fingerprint density at radius 1 is 0.941 bits per heavy atom. The van der Waals surface area contributed by atoms with Gasteiger partial charge in [0.1, 0.15) is 6.10 Å². The molecule has 1 rings (SSSR count). The minimum Gasteiger partial charge on any atom is -0.370 e. The molecule has 2 unspecified atom stereocenters. The molecule has 0 fully saturated rings. The molecule has 0 aromatic heterocycles. The molecule has 0 N–H and O–H groups in total. The van der Waals surface area contributed by atoms with Gasteiger partial charge in [-0.15, -0.1) is 0 Å². The van der Waals surface area contributed by atoms with Gasteiger partial charge in [0.2, 0.25) is 0 Å². The topological polar surface area (TPSA) is 18.5 Å². The second kappa shape index (κ2) is 5.53. The van der Waals surface area contributed by atoms with E-state index in [2.05, 4.69) is 53.7 Å². The van der Waals surface area contributed by atoms with E-state index in [0.29, 0.717) is 0 Å². The zero-order valence-electron chi connectivity index (χ0n) is 12.2. The van der Waals surface area contributed by atoms with Gasteiger partial charge in [0.05, 0.1) is 17.3 Å². The highest BCUT2D eigenvalue weighted by Gasteiger charge is 2.29. The van der Waals surface area contributed by atoms with E-state index in [0.717, 1.165) is 12.8 Å². The predicted molar refractivity (Wildman–Crippen MR) is 72.2 cm³/mol. The Hall–Kier alpha value is -0.340. The molecular weight excluding hydrogens is 212 g/mol. The van der Waals surface area contributed by atoms with Crippen LogP contribution >= 0.6 is 0 Å². The van der Waals surface area contributed by atoms with Crippen LogP contribution in [0.2, 0.25) is 0 Å². The molecule has 0 aromatic carbocycles. The van der Waals surface area contributed by atoms with Crippen LogP contribution in [-0.2, 0) is 9.47 Å². The third-order valence-electron chi connectivity index (χ3n) is 2.55. The molecule has 0 radical (unpaired) electrons. The van der Waals surface area contributed by atoms with Gasteiger partial charge < -0.3 is 9.47 Å². The Balaban J connectivity index is 2.71. The highest BCUT2D eigenvalue weighted by Crippen LogP contribution is 2.26. The van der Waals surface area contributed by atoms with Crippen LogP contribution in [0.4, 0.5) is 0 Å². The molecule has 0 bridgehead atoms. The highest BCUT2D eigenvalue weighted by atomic mass is 16.6. The second-order valence-electron chi connectivity index (χ2n) is 6.82. The first-order valence-corrected chi connectivity index (χ1v) is 6.70. The van der Waals surface area contributed by atoms with E-state index in [1.165, 1.54) is 6.42 Å². The summed E-state index contributed by atoms with van der Waals surface area (Å²) in [5, 5.41) is 0. The molecule has 0 saturated carbocycles. The first-order chi connectivity index (χ1) is 7.67. The monoisotopic (exact) mass is 240 g/mol. The van der Waals surface area contributed by atoms with Crippen LogP contribution in [-0.4, -0.2) is 23.4 Å². The normalized spacial score (nSPS) is 26.9. The molecule has 100 valence electrons. The van der Waals surface area contributed by atoms with Crippen molar-refractivity contribution in [3.8, 4) is 0 Å². The molecule has 0 spiro atoms. The minimum absolute atomic E-state index is 0.0803. The Labute approximate surface area is 106 Å². The Kier molecular flexibility index (Phi) is 4.79. The zero-order chi connectivity index (χ0) is 13.1. The standard InChI is InChI=1S/C15H28O2/c1-14(2,3)16-12-10-8-7-9-11-13(12)17-15(4,5)6/h8,10,12-13H,7,9,11H2,1-6H3. The van der Waals surface area contributed by atoms with Crippen LogP contribution in [0.3, 0.4) is 0 Å². The molecule has 0 heterocycles. The van der Waals surface area contributed by atoms with Crippen molar-refractivity contribution >= 4 is 0 Å². The summed E-state index contributed by atoms with van der Waals surface area (Å²) >= 11 is 0. The smallest absolute Gasteiger partial charge is 0.102 e. The zero-order valence-corrected chi connectivity index (χ0v) is 12.2. The molecule has 17 heavy (non-hydrogen) atoms. The van der Waals surface area contributed by atoms with E-state index >= 15 is 0 Å². The largest absolute Gasteiger partial charge is 0.370 e. The fourth-order valence-electron chi connectivity index (χ4n) is 2.06. The van der Waals surface area contributed by atoms with Gasteiger partial charge in [-0.2, -0.15) is 0 Å². The van der Waals surface area contributed by atoms with E-state index in [4.69, 9.17) is 9.47 Å². The average Bonchev–Trinajstić information content (AvgIpc) is 2.27. The molecule has 0 amide bonds. The van der Waals surface area contributed by atoms with Gasteiger partial charge >= 0.3 is 0 Å². The van der Waals surface area contributed by atoms with Crippen molar-refractivity contribution < 1.29 is 9.47 Å². The summed E-state index contributed by atoms with van der Waals surface area (Å²) in [4.78, 5) is 0. The minimum atomic E-state index is -0.126. The summed E-state index contributed by atoms with van der Waals surface area (Å²) in [5.41, 5.74) is -0.235. The molecule has 2 atom stereocenters. The van der Waals surface area contributed by atoms with Crippen LogP contribution < -0.4 is 0 Å². The quantitative estimate of drug-likeness (QED) is 0.677. The van der Waals surface area contributed by atoms with Crippen molar-refractivity contribution in [1.82, 2.24) is 0 Å². The van der Waals surface area contributed by atoms with Gasteiger partial charge in [0, 0.05) is 0 Å². The van der Waals surface area contributed by atoms with Gasteiger partial charge in [-0.1, -0.05) is 12.2 Å². The Morgan fingerprint density at radius 2 is 1.53 bits per heavy atom. The van der Waals surface area contributed by atoms with Crippen molar-refractivity contribution in [2.75, 3.05) is 0 Å². The number of hydrogen-bond acceptors (Lipinski definition) is 2. The van der Waals surface area contributed by atoms with Crippen molar-refractivity contribution in [2.24, 2.45) is 0 Å². The lowest BCUT2D eigenvalue weighted by Crippen LogP contribution is -2.40. The van der Waals surface area contributed by atoms with Crippen LogP contribution in [0.25, 0.3) is 0 Å². The van der Waals surface area contributed by atoms with Crippen LogP contribution in [0.5, 0.6) is 0 Å². The van der Waals surface area contributed by atoms with Crippen molar-refractivity contribution in [3.05, 3.63) is 12.2 Å². The summed E-state index contributed by atoms with van der Waals surface area (Å²) in [6, 6.07) is 0. The molecule has 2 heteroatoms. The van der Waals surface area contributed by atoms with Crippen LogP contribution in [0.15, 0.2) is 12.2 Å². The molecule has 0 aliphatic heterocycles. The summed E-state index contributed by atoms with van der Waals surface area (Å²) in [7, 11) is 0. The average molecular weight is 240 g/mol. The van der Waals surface area contributed by atoms with Crippen molar-refractivity contribution in [2.45, 2.75) is 84.2 Å². The summed E-state index contributed by atoms with van der Waals surface area (Å²) in [5.74, 6) is 0. The van der Waals surface area contributed by atoms with Crippen LogP contribution in [0.1, 0.15) is 60.8 Å². The molecule has 1 aliphatic rings. The molecular formula is C15H28O2. The predicted octanol–water partition coefficient (Wildman–Crippen LogP) is 4.09. The van der Waals surface area contributed by atoms with E-state index in [9.17, 15) is 0 Å². The lowest BCUT2D eigenvalue weighted by molar-refractivity contribution is -0.148. The highest BCUT2D eigenvalue weighted by molar-refractivity contribution is 4.98. The molecule has 2 nitrogen and oxygen atoms in total. The maximum atomic E-state index is 6.14. The number of ether oxygens (including phenoxy) is 2. The SMILES string of the molecule is CC(C)(C)OC1C=CCCCC1OC(C)(C)C. The fourth-order valence-corrected chi connectivity index (χ4v) is 2.06. The summed E-state index contributed by atoms with van der Waals surface area (Å²) < 4.78 is 12.2. The van der Waals surface area contributed by atoms with Gasteiger partial charge in [0.15, 0.2) is 0 Å². The third-order valence-corrected chi connectivity index (χ3v) is 2.55. The fraction of sp³-hybridized carbons (Fsp3) is 0.867. The Bertz CT molecular complexity index is 255. The van der Waals surface area contributed by atoms with Gasteiger partial charge in [0.25, 0.3) is 0 Å². The number of rotatable bonds is 2. The van der Waals surface area contributed by atoms with Gasteiger partial charge in [-0.3, -0.25) is 0 Å². The van der Waals surface area contributed by atoms with Crippen LogP contribution in [0, 0.1) is 0 Å². The lowest BCUT2D eigenvalue weighted by atomic mass is 10.1. The maximum absolute atomic E-state index is 6.14. The third kappa shape index (κ3) is 6.23. The lowest BCUT2D eigenvalue weighted by Gasteiger charge is -2.34. The van der Waals surface area contributed by atoms with Crippen molar-refractivity contribution in [1.29, 1.82) is 0 Å². The summed E-state index contributed by atoms with van der Waals surface area (Å²) in [6.45, 7) is 12.6. The number of allylic oxidation sites excluding steroid dienone is 1. The van der Waals surface area contributed by atoms with E-state index < -0.39 is 0 Å². The molecule has 1 aliphatic carbocycles.